The lowest BCUT2D eigenvalue weighted by Crippen LogP contribution is -2.17. The SMILES string of the molecule is C=C/C=C(\C=C/C)c1nc(-c2cc(OC)c(OCOP(O)OC(C)(C)C)c(OC)c2)[nH]c1-c1cccs1. The predicted molar refractivity (Wildman–Crippen MR) is 150 cm³/mol. The number of imidazole rings is 1. The summed E-state index contributed by atoms with van der Waals surface area (Å²) in [4.78, 5) is 19.4. The summed E-state index contributed by atoms with van der Waals surface area (Å²) in [6, 6.07) is 7.66. The molecule has 2 aromatic heterocycles. The molecule has 37 heavy (non-hydrogen) atoms. The maximum Gasteiger partial charge on any atom is 0.333 e. The average molecular weight is 545 g/mol. The molecule has 198 valence electrons. The number of benzene rings is 1. The molecule has 10 heteroatoms. The Hall–Kier alpha value is -2.94. The van der Waals surface area contributed by atoms with Gasteiger partial charge in [-0.15, -0.1) is 11.3 Å². The zero-order chi connectivity index (χ0) is 27.0. The minimum absolute atomic E-state index is 0.253. The Morgan fingerprint density at radius 3 is 2.46 bits per heavy atom. The summed E-state index contributed by atoms with van der Waals surface area (Å²) in [5.41, 5.74) is 2.83. The second-order valence-electron chi connectivity index (χ2n) is 8.69. The number of hydrogen-bond acceptors (Lipinski definition) is 8. The summed E-state index contributed by atoms with van der Waals surface area (Å²) in [5, 5.41) is 2.03. The zero-order valence-electron chi connectivity index (χ0n) is 21.9. The first-order valence-electron chi connectivity index (χ1n) is 11.5. The van der Waals surface area contributed by atoms with Crippen molar-refractivity contribution in [3.63, 3.8) is 0 Å². The molecule has 8 nitrogen and oxygen atoms in total. The molecule has 0 fully saturated rings. The molecule has 3 aromatic rings. The van der Waals surface area contributed by atoms with Gasteiger partial charge < -0.3 is 28.6 Å². The van der Waals surface area contributed by atoms with Crippen LogP contribution in [0.15, 0.2) is 60.5 Å². The third-order valence-corrected chi connectivity index (χ3v) is 6.76. The number of H-pyrrole nitrogens is 1. The molecule has 3 rings (SSSR count). The van der Waals surface area contributed by atoms with Gasteiger partial charge in [0.25, 0.3) is 0 Å². The number of methoxy groups -OCH3 is 2. The van der Waals surface area contributed by atoms with Crippen molar-refractivity contribution in [2.75, 3.05) is 21.0 Å². The van der Waals surface area contributed by atoms with E-state index in [1.807, 2.05) is 63.4 Å². The number of ether oxygens (including phenoxy) is 3. The Morgan fingerprint density at radius 2 is 1.92 bits per heavy atom. The fraction of sp³-hybridized carbons (Fsp3) is 0.296. The second-order valence-corrected chi connectivity index (χ2v) is 10.6. The second kappa shape index (κ2) is 13.0. The van der Waals surface area contributed by atoms with Crippen molar-refractivity contribution in [3.05, 3.63) is 66.2 Å². The van der Waals surface area contributed by atoms with Crippen LogP contribution < -0.4 is 14.2 Å². The van der Waals surface area contributed by atoms with Gasteiger partial charge in [0.05, 0.1) is 36.1 Å². The summed E-state index contributed by atoms with van der Waals surface area (Å²) < 4.78 is 27.6. The standard InChI is InChI=1S/C27H33N2O6PS/c1-8-11-18(12-9-2)23-24(22-13-10-14-37-22)29-26(28-23)19-15-20(31-6)25(21(16-19)32-7)33-17-34-36(30)35-27(3,4)5/h8-16,30H,1,17H2,2-7H3,(H,28,29)/b12-9-,18-11+. The van der Waals surface area contributed by atoms with Gasteiger partial charge in [-0.2, -0.15) is 0 Å². The first-order valence-corrected chi connectivity index (χ1v) is 13.5. The van der Waals surface area contributed by atoms with Crippen LogP contribution in [0.2, 0.25) is 0 Å². The van der Waals surface area contributed by atoms with E-state index < -0.39 is 14.2 Å². The van der Waals surface area contributed by atoms with Gasteiger partial charge in [0.1, 0.15) is 5.82 Å². The molecular weight excluding hydrogens is 511 g/mol. The van der Waals surface area contributed by atoms with E-state index in [9.17, 15) is 4.89 Å². The summed E-state index contributed by atoms with van der Waals surface area (Å²) in [7, 11) is 0.969. The van der Waals surface area contributed by atoms with Gasteiger partial charge in [0, 0.05) is 11.1 Å². The molecule has 0 aliphatic carbocycles. The van der Waals surface area contributed by atoms with E-state index in [0.717, 1.165) is 27.4 Å². The Morgan fingerprint density at radius 1 is 1.22 bits per heavy atom. The Bertz CT molecular complexity index is 1220. The summed E-state index contributed by atoms with van der Waals surface area (Å²) in [5.74, 6) is 1.81. The van der Waals surface area contributed by atoms with Crippen molar-refractivity contribution >= 4 is 25.5 Å². The topological polar surface area (TPSA) is 95.1 Å². The number of thiophene rings is 1. The molecule has 0 saturated carbocycles. The van der Waals surface area contributed by atoms with E-state index in [4.69, 9.17) is 28.2 Å². The summed E-state index contributed by atoms with van der Waals surface area (Å²) in [6.45, 7) is 11.0. The van der Waals surface area contributed by atoms with Crippen molar-refractivity contribution in [3.8, 4) is 39.2 Å². The Kier molecular flexibility index (Phi) is 10.1. The van der Waals surface area contributed by atoms with E-state index in [2.05, 4.69) is 11.6 Å². The zero-order valence-corrected chi connectivity index (χ0v) is 23.6. The number of allylic oxidation sites excluding steroid dienone is 5. The first-order chi connectivity index (χ1) is 17.7. The number of nitrogens with one attached hydrogen (secondary N) is 1. The number of rotatable bonds is 12. The molecule has 1 atom stereocenters. The van der Waals surface area contributed by atoms with Crippen LogP contribution in [0.5, 0.6) is 17.2 Å². The third kappa shape index (κ3) is 7.53. The average Bonchev–Trinajstić information content (AvgIpc) is 3.53. The van der Waals surface area contributed by atoms with E-state index in [0.29, 0.717) is 23.1 Å². The maximum atomic E-state index is 9.99. The number of aromatic amines is 1. The van der Waals surface area contributed by atoms with Gasteiger partial charge in [-0.25, -0.2) is 4.98 Å². The Labute approximate surface area is 223 Å². The smallest absolute Gasteiger partial charge is 0.333 e. The van der Waals surface area contributed by atoms with Crippen LogP contribution >= 0.6 is 19.9 Å². The molecule has 0 saturated heterocycles. The first kappa shape index (κ1) is 28.6. The van der Waals surface area contributed by atoms with Gasteiger partial charge in [0.15, 0.2) is 18.3 Å². The van der Waals surface area contributed by atoms with Crippen LogP contribution in [-0.4, -0.2) is 41.5 Å². The minimum atomic E-state index is -2.11. The molecule has 0 bridgehead atoms. The predicted octanol–water partition coefficient (Wildman–Crippen LogP) is 7.36. The van der Waals surface area contributed by atoms with Crippen LogP contribution in [0.1, 0.15) is 33.4 Å². The highest BCUT2D eigenvalue weighted by atomic mass is 32.1. The van der Waals surface area contributed by atoms with Gasteiger partial charge in [-0.3, -0.25) is 4.52 Å². The molecule has 0 aliphatic rings. The molecular formula is C27H33N2O6PS. The van der Waals surface area contributed by atoms with E-state index >= 15 is 0 Å². The molecule has 2 N–H and O–H groups in total. The van der Waals surface area contributed by atoms with Crippen molar-refractivity contribution in [2.24, 2.45) is 0 Å². The normalized spacial score (nSPS) is 13.1. The van der Waals surface area contributed by atoms with E-state index in [-0.39, 0.29) is 6.79 Å². The minimum Gasteiger partial charge on any atom is -0.493 e. The van der Waals surface area contributed by atoms with Crippen LogP contribution in [0.4, 0.5) is 0 Å². The lowest BCUT2D eigenvalue weighted by Gasteiger charge is -2.22. The van der Waals surface area contributed by atoms with Gasteiger partial charge in [0.2, 0.25) is 5.75 Å². The lowest BCUT2D eigenvalue weighted by molar-refractivity contribution is 0.0502. The van der Waals surface area contributed by atoms with Gasteiger partial charge in [-0.1, -0.05) is 36.9 Å². The maximum absolute atomic E-state index is 9.99. The highest BCUT2D eigenvalue weighted by Gasteiger charge is 2.22. The summed E-state index contributed by atoms with van der Waals surface area (Å²) in [6.07, 6.45) is 7.63. The van der Waals surface area contributed by atoms with Gasteiger partial charge >= 0.3 is 8.60 Å². The number of hydrogen-bond donors (Lipinski definition) is 2. The van der Waals surface area contributed by atoms with Crippen LogP contribution in [-0.2, 0) is 9.05 Å². The lowest BCUT2D eigenvalue weighted by atomic mass is 10.1. The van der Waals surface area contributed by atoms with Crippen LogP contribution in [0, 0.1) is 0 Å². The molecule has 0 aliphatic heterocycles. The molecule has 0 spiro atoms. The van der Waals surface area contributed by atoms with Crippen molar-refractivity contribution in [2.45, 2.75) is 33.3 Å². The van der Waals surface area contributed by atoms with Crippen LogP contribution in [0.25, 0.3) is 27.5 Å². The summed E-state index contributed by atoms with van der Waals surface area (Å²) >= 11 is 1.62. The van der Waals surface area contributed by atoms with E-state index in [1.54, 1.807) is 29.5 Å². The third-order valence-electron chi connectivity index (χ3n) is 4.84. The monoisotopic (exact) mass is 544 g/mol. The fourth-order valence-electron chi connectivity index (χ4n) is 3.39. The quantitative estimate of drug-likeness (QED) is 0.140. The van der Waals surface area contributed by atoms with Crippen molar-refractivity contribution in [1.82, 2.24) is 9.97 Å². The van der Waals surface area contributed by atoms with Crippen molar-refractivity contribution in [1.29, 1.82) is 0 Å². The highest BCUT2D eigenvalue weighted by molar-refractivity contribution is 7.40. The van der Waals surface area contributed by atoms with Crippen molar-refractivity contribution < 1.29 is 28.2 Å². The Balaban J connectivity index is 1.98. The molecule has 1 unspecified atom stereocenters. The molecule has 0 radical (unpaired) electrons. The molecule has 0 amide bonds. The fourth-order valence-corrected chi connectivity index (χ4v) is 4.78. The molecule has 2 heterocycles. The van der Waals surface area contributed by atoms with Crippen LogP contribution in [0.3, 0.4) is 0 Å². The van der Waals surface area contributed by atoms with E-state index in [1.165, 1.54) is 14.2 Å². The highest BCUT2D eigenvalue weighted by Crippen LogP contribution is 2.43. The number of nitrogens with zero attached hydrogens (tertiary/aromatic N) is 1. The molecule has 1 aromatic carbocycles. The largest absolute Gasteiger partial charge is 0.493 e. The van der Waals surface area contributed by atoms with Gasteiger partial charge in [-0.05, 0) is 51.3 Å². The number of aromatic nitrogens is 2.